The number of cyclic esters (lactones) is 1. The molecule has 14 amide bonds. The van der Waals surface area contributed by atoms with E-state index in [-0.39, 0.29) is 37.1 Å². The number of aliphatic hydroxyl groups excluding tert-OH is 1. The fourth-order valence-electron chi connectivity index (χ4n) is 12.1. The number of ether oxygens (including phenoxy) is 1. The van der Waals surface area contributed by atoms with Gasteiger partial charge in [0.2, 0.25) is 82.7 Å². The molecular formula is C75H99N17O26. The van der Waals surface area contributed by atoms with Crippen molar-refractivity contribution in [3.8, 4) is 0 Å². The van der Waals surface area contributed by atoms with Crippen LogP contribution in [0.4, 0.5) is 5.69 Å². The van der Waals surface area contributed by atoms with Crippen LogP contribution in [0.3, 0.4) is 0 Å². The average molecular weight is 1650 g/mol. The number of Topliss-reactive ketones (excluding diaryl/α,β-unsaturated/α-hetero) is 1. The molecular weight excluding hydrogens is 1550 g/mol. The number of ketones is 1. The van der Waals surface area contributed by atoms with Crippen LogP contribution < -0.4 is 86.3 Å². The summed E-state index contributed by atoms with van der Waals surface area (Å²) in [5, 5.41) is 78.7. The van der Waals surface area contributed by atoms with Crippen molar-refractivity contribution in [1.29, 1.82) is 0 Å². The highest BCUT2D eigenvalue weighted by Gasteiger charge is 2.41. The number of benzene rings is 3. The molecule has 5 rings (SSSR count). The molecule has 0 aliphatic carbocycles. The highest BCUT2D eigenvalue weighted by molar-refractivity contribution is 6.05. The van der Waals surface area contributed by atoms with Gasteiger partial charge in [0.15, 0.2) is 5.78 Å². The Kier molecular flexibility index (Phi) is 38.2. The smallest absolute Gasteiger partial charge is 0.329 e. The molecule has 0 radical (unpaired) electrons. The number of unbranched alkanes of at least 4 members (excludes halogenated alkanes) is 3. The molecule has 640 valence electrons. The number of nitrogens with one attached hydrogen (secondary N) is 14. The molecule has 13 atom stereocenters. The minimum absolute atomic E-state index is 0.0488. The molecule has 0 spiro atoms. The zero-order valence-electron chi connectivity index (χ0n) is 64.6. The normalized spacial score (nSPS) is 20.9. The van der Waals surface area contributed by atoms with Crippen LogP contribution in [0.2, 0.25) is 0 Å². The van der Waals surface area contributed by atoms with Gasteiger partial charge in [0.25, 0.3) is 0 Å². The summed E-state index contributed by atoms with van der Waals surface area (Å²) in [7, 11) is 0. The van der Waals surface area contributed by atoms with Crippen molar-refractivity contribution < 1.29 is 126 Å². The first kappa shape index (κ1) is 95.1. The molecule has 25 N–H and O–H groups in total. The van der Waals surface area contributed by atoms with Crippen molar-refractivity contribution in [3.63, 3.8) is 0 Å². The number of hydrogen-bond donors (Lipinski definition) is 22. The number of aryl methyl sites for hydroxylation is 1. The molecule has 1 aliphatic heterocycles. The number of para-hydroxylation sites is 2. The number of aliphatic carboxylic acids is 4. The summed E-state index contributed by atoms with van der Waals surface area (Å²) in [6.07, 6.45) is -4.96. The molecule has 1 fully saturated rings. The number of esters is 1. The van der Waals surface area contributed by atoms with Gasteiger partial charge in [0, 0.05) is 47.6 Å². The minimum atomic E-state index is -2.45. The first-order valence-electron chi connectivity index (χ1n) is 37.4. The van der Waals surface area contributed by atoms with Gasteiger partial charge in [-0.2, -0.15) is 0 Å². The Morgan fingerprint density at radius 1 is 0.534 bits per heavy atom. The lowest BCUT2D eigenvalue weighted by atomic mass is 9.96. The number of aromatic amines is 1. The number of carbonyl (C=O) groups excluding carboxylic acids is 16. The summed E-state index contributed by atoms with van der Waals surface area (Å²) in [5.41, 5.74) is 19.2. The molecule has 4 aromatic rings. The molecule has 3 aromatic carbocycles. The number of aromatic nitrogens is 1. The Bertz CT molecular complexity index is 4330. The van der Waals surface area contributed by atoms with E-state index < -0.39 is 261 Å². The number of nitrogen functional groups attached to an aromatic ring is 1. The summed E-state index contributed by atoms with van der Waals surface area (Å²) >= 11 is 0. The Labute approximate surface area is 673 Å². The van der Waals surface area contributed by atoms with Crippen LogP contribution >= 0.6 is 0 Å². The SMILES string of the molecule is C[C@H]1NC(=O)[C@@H](CC(=O)O)NC(=O)[C@H](CCCN)NC(=O)CNC(=O)[C@@H](NC(=O)[C@H](CC(=O)O)NC(=O)[C@H](CC(N)=O)NC(=O)[C@H](Cc2c[nH]c3ccccc23)NC(=O)CCCCCCc2ccccc2)[C@@H](C)OC(=O)[C@H](CC(=O)c2ccccc2N)NC(=O)[C@H]([C@@H](C)CC(=O)O)NC(=O)[C@@H](CO)NC(=O)CNC(=O)[C@H](CC(=O)O)NC1=O. The number of anilines is 1. The van der Waals surface area contributed by atoms with Crippen LogP contribution in [-0.4, -0.2) is 248 Å². The van der Waals surface area contributed by atoms with Crippen molar-refractivity contribution in [1.82, 2.24) is 74.1 Å². The van der Waals surface area contributed by atoms with E-state index in [1.165, 1.54) is 24.3 Å². The molecule has 1 aromatic heterocycles. The van der Waals surface area contributed by atoms with E-state index in [9.17, 15) is 121 Å². The van der Waals surface area contributed by atoms with Crippen LogP contribution in [0.15, 0.2) is 85.1 Å². The number of aliphatic hydroxyl groups is 1. The number of hydrogen-bond acceptors (Lipinski definition) is 24. The van der Waals surface area contributed by atoms with Crippen LogP contribution in [0, 0.1) is 5.92 Å². The third kappa shape index (κ3) is 31.7. The second-order valence-electron chi connectivity index (χ2n) is 27.8. The van der Waals surface area contributed by atoms with E-state index in [1.807, 2.05) is 46.3 Å². The number of carbonyl (C=O) groups is 20. The van der Waals surface area contributed by atoms with Crippen molar-refractivity contribution in [3.05, 3.63) is 102 Å². The van der Waals surface area contributed by atoms with Crippen molar-refractivity contribution >= 4 is 135 Å². The first-order valence-corrected chi connectivity index (χ1v) is 37.4. The second kappa shape index (κ2) is 47.4. The van der Waals surface area contributed by atoms with Gasteiger partial charge >= 0.3 is 29.8 Å². The van der Waals surface area contributed by atoms with E-state index >= 15 is 0 Å². The van der Waals surface area contributed by atoms with E-state index in [2.05, 4.69) is 58.2 Å². The number of primary amides is 1. The molecule has 43 nitrogen and oxygen atoms in total. The quantitative estimate of drug-likeness (QED) is 0.00897. The lowest BCUT2D eigenvalue weighted by Crippen LogP contribution is -2.62. The molecule has 1 saturated heterocycles. The average Bonchev–Trinajstić information content (AvgIpc) is 1.47. The molecule has 0 bridgehead atoms. The summed E-state index contributed by atoms with van der Waals surface area (Å²) in [4.78, 5) is 277. The lowest BCUT2D eigenvalue weighted by Gasteiger charge is -2.30. The highest BCUT2D eigenvalue weighted by atomic mass is 16.5. The number of amides is 14. The highest BCUT2D eigenvalue weighted by Crippen LogP contribution is 2.22. The maximum absolute atomic E-state index is 14.9. The molecule has 1 aliphatic rings. The zero-order chi connectivity index (χ0) is 87.5. The van der Waals surface area contributed by atoms with Gasteiger partial charge < -0.3 is 122 Å². The van der Waals surface area contributed by atoms with Gasteiger partial charge in [-0.05, 0) is 87.7 Å². The number of H-pyrrole nitrogens is 1. The van der Waals surface area contributed by atoms with Crippen LogP contribution in [-0.2, 0) is 109 Å². The molecule has 43 heteroatoms. The van der Waals surface area contributed by atoms with E-state index in [4.69, 9.17) is 21.9 Å². The topological polar surface area (TPSA) is 702 Å². The maximum Gasteiger partial charge on any atom is 0.329 e. The predicted molar refractivity (Wildman–Crippen MR) is 411 cm³/mol. The Morgan fingerprint density at radius 2 is 1.08 bits per heavy atom. The van der Waals surface area contributed by atoms with Gasteiger partial charge in [-0.1, -0.05) is 80.4 Å². The van der Waals surface area contributed by atoms with Gasteiger partial charge in [-0.25, -0.2) is 4.79 Å². The number of carboxylic acids is 4. The van der Waals surface area contributed by atoms with Crippen LogP contribution in [0.5, 0.6) is 0 Å². The fourth-order valence-corrected chi connectivity index (χ4v) is 12.1. The van der Waals surface area contributed by atoms with Gasteiger partial charge in [-0.15, -0.1) is 0 Å². The summed E-state index contributed by atoms with van der Waals surface area (Å²) in [5.74, 6) is -29.8. The first-order chi connectivity index (χ1) is 55.9. The molecule has 0 unspecified atom stereocenters. The summed E-state index contributed by atoms with van der Waals surface area (Å²) in [6.45, 7) is -0.965. The van der Waals surface area contributed by atoms with Crippen molar-refractivity contribution in [2.45, 2.75) is 190 Å². The maximum atomic E-state index is 14.9. The van der Waals surface area contributed by atoms with E-state index in [0.717, 1.165) is 45.6 Å². The van der Waals surface area contributed by atoms with E-state index in [0.29, 0.717) is 29.3 Å². The summed E-state index contributed by atoms with van der Waals surface area (Å²) in [6, 6.07) is -0.890. The van der Waals surface area contributed by atoms with Gasteiger partial charge in [-0.3, -0.25) is 91.1 Å². The van der Waals surface area contributed by atoms with Crippen LogP contribution in [0.25, 0.3) is 10.9 Å². The molecule has 2 heterocycles. The Hall–Kier alpha value is -13.5. The minimum Gasteiger partial charge on any atom is -0.481 e. The molecule has 0 saturated carbocycles. The van der Waals surface area contributed by atoms with Crippen LogP contribution in [0.1, 0.15) is 126 Å². The third-order valence-electron chi connectivity index (χ3n) is 18.3. The predicted octanol–water partition coefficient (Wildman–Crippen LogP) is -5.57. The van der Waals surface area contributed by atoms with Crippen molar-refractivity contribution in [2.24, 2.45) is 17.4 Å². The summed E-state index contributed by atoms with van der Waals surface area (Å²) < 4.78 is 5.69. The number of rotatable bonds is 34. The third-order valence-corrected chi connectivity index (χ3v) is 18.3. The Balaban J connectivity index is 1.58. The van der Waals surface area contributed by atoms with Crippen molar-refractivity contribution in [2.75, 3.05) is 32.0 Å². The van der Waals surface area contributed by atoms with Gasteiger partial charge in [0.1, 0.15) is 72.6 Å². The number of fused-ring (bicyclic) bond motifs is 1. The largest absolute Gasteiger partial charge is 0.481 e. The zero-order valence-corrected chi connectivity index (χ0v) is 64.6. The van der Waals surface area contributed by atoms with Gasteiger partial charge in [0.05, 0.1) is 51.8 Å². The number of carboxylic acid groups (broad SMARTS) is 4. The fraction of sp³-hybridized carbons (Fsp3) is 0.467. The lowest BCUT2D eigenvalue weighted by molar-refractivity contribution is -0.156. The Morgan fingerprint density at radius 3 is 1.70 bits per heavy atom. The number of nitrogens with two attached hydrogens (primary N) is 3. The monoisotopic (exact) mass is 1650 g/mol. The molecule has 118 heavy (non-hydrogen) atoms. The second-order valence-corrected chi connectivity index (χ2v) is 27.8. The van der Waals surface area contributed by atoms with E-state index in [1.54, 1.807) is 30.5 Å². The standard InChI is InChI=1S/C75H99N17O26/c1-37(26-59(99)100)63-74(116)90-52(28-54(94)43-20-11-13-21-44(43)77)75(117)118-39(3)64(73(115)81-35-57(97)83-46(23-15-25-76)67(109)88-50(31-61(103)104)68(110)82-38(2)65(107)86-49(30-60(101)102)66(108)80-34-58(98)85-53(36-93)72(114)91-63)92-71(113)51(32-62(105)106)89-70(112)48(29-55(78)95)87-69(111)47(27-41-33-79-45-22-14-12-19-42(41)45)84-56(96)24-10-5-4-7-16-40-17-8-6-9-18-40/h6,8-9,11-14,17-22,33,37-39,46-53,63-64,79,93H,4-5,7,10,15-16,23-32,34-36,76-77H2,1-3H3,(H2,78,95)(H,80,108)(H,81,115)(H,82,110)(H,83,97)(H,84,96)(H,85,98)(H,86,107)(H,87,111)(H,88,109)(H,89,112)(H,90,116)(H,91,114)(H,92,113)(H,99,100)(H,101,102)(H,103,104)(H,105,106)/t37-,38+,39+,46-,47-,48-,49-,50+,51-,52-,53+,63-,64-/m0/s1.